The Balaban J connectivity index is 2.04. The van der Waals surface area contributed by atoms with E-state index < -0.39 is 0 Å². The van der Waals surface area contributed by atoms with Gasteiger partial charge in [-0.2, -0.15) is 0 Å². The molecule has 1 aromatic carbocycles. The first-order chi connectivity index (χ1) is 9.76. The van der Waals surface area contributed by atoms with Crippen LogP contribution in [0.3, 0.4) is 0 Å². The molecule has 0 amide bonds. The molecule has 21 heavy (non-hydrogen) atoms. The molecule has 0 radical (unpaired) electrons. The third-order valence-corrected chi connectivity index (χ3v) is 5.51. The monoisotopic (exact) mass is 291 g/mol. The van der Waals surface area contributed by atoms with Crippen molar-refractivity contribution in [3.8, 4) is 0 Å². The first-order valence-electron chi connectivity index (χ1n) is 7.92. The van der Waals surface area contributed by atoms with Gasteiger partial charge in [-0.05, 0) is 64.8 Å². The number of halogens is 1. The van der Waals surface area contributed by atoms with Crippen LogP contribution in [0.5, 0.6) is 0 Å². The summed E-state index contributed by atoms with van der Waals surface area (Å²) < 4.78 is 19.7. The molecule has 2 saturated heterocycles. The van der Waals surface area contributed by atoms with Crippen LogP contribution in [0.15, 0.2) is 24.3 Å². The Hall–Kier alpha value is -0.930. The Kier molecular flexibility index (Phi) is 3.42. The van der Waals surface area contributed by atoms with E-state index in [0.717, 1.165) is 25.9 Å². The number of hydrogen-bond acceptors (Lipinski definition) is 2. The number of benzene rings is 1. The zero-order valence-corrected chi connectivity index (χ0v) is 13.5. The Labute approximate surface area is 127 Å². The molecule has 2 nitrogen and oxygen atoms in total. The van der Waals surface area contributed by atoms with Crippen molar-refractivity contribution in [3.63, 3.8) is 0 Å². The number of piperidine rings is 1. The number of ether oxygens (including phenoxy) is 1. The lowest BCUT2D eigenvalue weighted by Gasteiger charge is -2.49. The van der Waals surface area contributed by atoms with Gasteiger partial charge < -0.3 is 10.1 Å². The molecular formula is C18H26FNO. The fourth-order valence-corrected chi connectivity index (χ4v) is 4.79. The summed E-state index contributed by atoms with van der Waals surface area (Å²) in [7, 11) is 0. The Bertz CT molecular complexity index is 523. The molecule has 116 valence electrons. The van der Waals surface area contributed by atoms with Crippen molar-refractivity contribution in [2.75, 3.05) is 13.1 Å². The summed E-state index contributed by atoms with van der Waals surface area (Å²) >= 11 is 0. The van der Waals surface area contributed by atoms with Gasteiger partial charge >= 0.3 is 0 Å². The third-order valence-electron chi connectivity index (χ3n) is 5.51. The van der Waals surface area contributed by atoms with Crippen molar-refractivity contribution in [1.29, 1.82) is 0 Å². The van der Waals surface area contributed by atoms with Crippen molar-refractivity contribution >= 4 is 0 Å². The van der Waals surface area contributed by atoms with E-state index in [0.29, 0.717) is 5.92 Å². The van der Waals surface area contributed by atoms with Gasteiger partial charge in [-0.25, -0.2) is 4.39 Å². The Morgan fingerprint density at radius 1 is 1.14 bits per heavy atom. The maximum atomic E-state index is 13.3. The molecule has 2 aliphatic rings. The molecular weight excluding hydrogens is 265 g/mol. The second-order valence-electron chi connectivity index (χ2n) is 7.76. The van der Waals surface area contributed by atoms with E-state index in [-0.39, 0.29) is 22.4 Å². The fraction of sp³-hybridized carbons (Fsp3) is 0.667. The van der Waals surface area contributed by atoms with Gasteiger partial charge in [0.15, 0.2) is 0 Å². The number of nitrogens with one attached hydrogen (secondary N) is 1. The lowest BCUT2D eigenvalue weighted by atomic mass is 9.58. The van der Waals surface area contributed by atoms with Gasteiger partial charge in [0.1, 0.15) is 5.82 Å². The summed E-state index contributed by atoms with van der Waals surface area (Å²) in [5.74, 6) is 0.197. The van der Waals surface area contributed by atoms with Gasteiger partial charge in [0.2, 0.25) is 0 Å². The van der Waals surface area contributed by atoms with Crippen molar-refractivity contribution < 1.29 is 9.13 Å². The van der Waals surface area contributed by atoms with Gasteiger partial charge in [-0.3, -0.25) is 0 Å². The summed E-state index contributed by atoms with van der Waals surface area (Å²) in [6, 6.07) is 7.03. The average molecular weight is 291 g/mol. The molecule has 3 rings (SSSR count). The normalized spacial score (nSPS) is 34.2. The maximum Gasteiger partial charge on any atom is 0.123 e. The van der Waals surface area contributed by atoms with Gasteiger partial charge in [-0.1, -0.05) is 12.1 Å². The second kappa shape index (κ2) is 4.79. The van der Waals surface area contributed by atoms with Gasteiger partial charge in [0, 0.05) is 17.9 Å². The van der Waals surface area contributed by atoms with Gasteiger partial charge in [-0.15, -0.1) is 0 Å². The standard InChI is InChI=1S/C18H26FNO/c1-16(2)12-18(17(3,4)21-16)9-10-20-11-15(18)13-5-7-14(19)8-6-13/h5-8,15,20H,9-12H2,1-4H3. The highest BCUT2D eigenvalue weighted by molar-refractivity contribution is 5.28. The molecule has 0 saturated carbocycles. The number of hydrogen-bond donors (Lipinski definition) is 1. The van der Waals surface area contributed by atoms with Crippen LogP contribution in [0.2, 0.25) is 0 Å². The first-order valence-corrected chi connectivity index (χ1v) is 7.92. The smallest absolute Gasteiger partial charge is 0.123 e. The maximum absolute atomic E-state index is 13.3. The van der Waals surface area contributed by atoms with E-state index in [1.54, 1.807) is 12.1 Å². The van der Waals surface area contributed by atoms with Crippen molar-refractivity contribution in [2.45, 2.75) is 57.7 Å². The van der Waals surface area contributed by atoms with E-state index >= 15 is 0 Å². The van der Waals surface area contributed by atoms with E-state index in [2.05, 4.69) is 33.0 Å². The van der Waals surface area contributed by atoms with Gasteiger partial charge in [0.25, 0.3) is 0 Å². The third kappa shape index (κ3) is 2.40. The van der Waals surface area contributed by atoms with Crippen LogP contribution in [0.1, 0.15) is 52.0 Å². The summed E-state index contributed by atoms with van der Waals surface area (Å²) in [5.41, 5.74) is 1.06. The van der Waals surface area contributed by atoms with E-state index in [4.69, 9.17) is 4.74 Å². The molecule has 2 unspecified atom stereocenters. The second-order valence-corrected chi connectivity index (χ2v) is 7.76. The first kappa shape index (κ1) is 15.0. The fourth-order valence-electron chi connectivity index (χ4n) is 4.79. The average Bonchev–Trinajstić information content (AvgIpc) is 2.56. The summed E-state index contributed by atoms with van der Waals surface area (Å²) in [5, 5.41) is 3.51. The molecule has 2 aliphatic heterocycles. The molecule has 1 spiro atoms. The molecule has 2 fully saturated rings. The van der Waals surface area contributed by atoms with Crippen molar-refractivity contribution in [2.24, 2.45) is 5.41 Å². The molecule has 0 aliphatic carbocycles. The molecule has 0 bridgehead atoms. The minimum absolute atomic E-state index is 0.0981. The molecule has 2 heterocycles. The van der Waals surface area contributed by atoms with Crippen LogP contribution < -0.4 is 5.32 Å². The van der Waals surface area contributed by atoms with Crippen molar-refractivity contribution in [1.82, 2.24) is 5.32 Å². The van der Waals surface area contributed by atoms with Crippen LogP contribution in [0, 0.1) is 11.2 Å². The topological polar surface area (TPSA) is 21.3 Å². The van der Waals surface area contributed by atoms with E-state index in [1.165, 1.54) is 5.56 Å². The largest absolute Gasteiger partial charge is 0.369 e. The minimum atomic E-state index is -0.169. The minimum Gasteiger partial charge on any atom is -0.369 e. The summed E-state index contributed by atoms with van der Waals surface area (Å²) in [6.45, 7) is 10.8. The van der Waals surface area contributed by atoms with Crippen LogP contribution >= 0.6 is 0 Å². The number of rotatable bonds is 1. The predicted molar refractivity (Wildman–Crippen MR) is 82.9 cm³/mol. The molecule has 0 aromatic heterocycles. The Morgan fingerprint density at radius 2 is 1.81 bits per heavy atom. The van der Waals surface area contributed by atoms with E-state index in [9.17, 15) is 4.39 Å². The summed E-state index contributed by atoms with van der Waals surface area (Å²) in [4.78, 5) is 0. The van der Waals surface area contributed by atoms with Crippen LogP contribution in [0.4, 0.5) is 4.39 Å². The highest BCUT2D eigenvalue weighted by Gasteiger charge is 2.60. The zero-order chi connectivity index (χ0) is 15.3. The van der Waals surface area contributed by atoms with E-state index in [1.807, 2.05) is 12.1 Å². The Morgan fingerprint density at radius 3 is 2.38 bits per heavy atom. The zero-order valence-electron chi connectivity index (χ0n) is 13.5. The SMILES string of the molecule is CC1(C)CC2(CCNCC2c2ccc(F)cc2)C(C)(C)O1. The predicted octanol–water partition coefficient (Wildman–Crippen LogP) is 3.87. The lowest BCUT2D eigenvalue weighted by molar-refractivity contribution is -0.104. The highest BCUT2D eigenvalue weighted by atomic mass is 19.1. The van der Waals surface area contributed by atoms with Crippen LogP contribution in [-0.4, -0.2) is 24.3 Å². The molecule has 1 N–H and O–H groups in total. The van der Waals surface area contributed by atoms with Crippen LogP contribution in [0.25, 0.3) is 0 Å². The molecule has 2 atom stereocenters. The quantitative estimate of drug-likeness (QED) is 0.848. The van der Waals surface area contributed by atoms with Crippen LogP contribution in [-0.2, 0) is 4.74 Å². The highest BCUT2D eigenvalue weighted by Crippen LogP contribution is 2.60. The summed E-state index contributed by atoms with van der Waals surface area (Å²) in [6.07, 6.45) is 2.15. The molecule has 1 aromatic rings. The van der Waals surface area contributed by atoms with Gasteiger partial charge in [0.05, 0.1) is 11.2 Å². The van der Waals surface area contributed by atoms with Crippen molar-refractivity contribution in [3.05, 3.63) is 35.6 Å². The molecule has 3 heteroatoms. The lowest BCUT2D eigenvalue weighted by Crippen LogP contribution is -2.52.